The monoisotopic (exact) mass is 531 g/mol. The summed E-state index contributed by atoms with van der Waals surface area (Å²) in [7, 11) is 0. The lowest BCUT2D eigenvalue weighted by molar-refractivity contribution is -0.137. The molecule has 2 fully saturated rings. The van der Waals surface area contributed by atoms with E-state index in [1.54, 1.807) is 23.1 Å². The highest BCUT2D eigenvalue weighted by atomic mass is 19.4. The molecule has 0 bridgehead atoms. The normalized spacial score (nSPS) is 18.2. The minimum atomic E-state index is -4.47. The van der Waals surface area contributed by atoms with Crippen LogP contribution in [-0.4, -0.2) is 54.0 Å². The average molecular weight is 532 g/mol. The zero-order valence-corrected chi connectivity index (χ0v) is 20.1. The van der Waals surface area contributed by atoms with Gasteiger partial charge in [0.15, 0.2) is 11.6 Å². The quantitative estimate of drug-likeness (QED) is 0.207. The topological polar surface area (TPSA) is 112 Å². The Morgan fingerprint density at radius 1 is 1.08 bits per heavy atom. The fraction of sp³-hybridized carbons (Fsp3) is 0.333. The molecule has 2 aromatic heterocycles. The van der Waals surface area contributed by atoms with Gasteiger partial charge in [-0.05, 0) is 42.3 Å². The molecule has 3 aromatic rings. The molecular formula is C24H25F4N9O. The number of hydrogen-bond acceptors (Lipinski definition) is 10. The predicted octanol–water partition coefficient (Wildman–Crippen LogP) is 3.59. The maximum atomic E-state index is 14.2. The van der Waals surface area contributed by atoms with E-state index in [1.165, 1.54) is 12.4 Å². The molecule has 2 aliphatic heterocycles. The Hall–Kier alpha value is -3.88. The van der Waals surface area contributed by atoms with E-state index in [9.17, 15) is 17.6 Å². The van der Waals surface area contributed by atoms with Crippen LogP contribution in [0.15, 0.2) is 47.8 Å². The number of rotatable bonds is 7. The van der Waals surface area contributed by atoms with Crippen LogP contribution in [-0.2, 0) is 10.9 Å². The molecule has 1 aromatic carbocycles. The number of pyridine rings is 1. The highest BCUT2D eigenvalue weighted by molar-refractivity contribution is 5.78. The van der Waals surface area contributed by atoms with Gasteiger partial charge >= 0.3 is 6.18 Å². The van der Waals surface area contributed by atoms with Crippen molar-refractivity contribution in [2.24, 2.45) is 5.10 Å². The Morgan fingerprint density at radius 2 is 1.92 bits per heavy atom. The van der Waals surface area contributed by atoms with Crippen LogP contribution in [0, 0.1) is 5.82 Å². The van der Waals surface area contributed by atoms with E-state index in [0.717, 1.165) is 18.3 Å². The summed E-state index contributed by atoms with van der Waals surface area (Å²) in [6, 6.07) is 7.03. The first-order valence-electron chi connectivity index (χ1n) is 11.9. The number of nitrogens with one attached hydrogen (secondary N) is 4. The second-order valence-corrected chi connectivity index (χ2v) is 8.69. The van der Waals surface area contributed by atoms with Gasteiger partial charge in [-0.1, -0.05) is 0 Å². The van der Waals surface area contributed by atoms with E-state index >= 15 is 0 Å². The van der Waals surface area contributed by atoms with Crippen molar-refractivity contribution in [2.75, 3.05) is 48.5 Å². The van der Waals surface area contributed by atoms with E-state index in [2.05, 4.69) is 41.6 Å². The molecule has 2 aliphatic rings. The van der Waals surface area contributed by atoms with E-state index in [-0.39, 0.29) is 17.8 Å². The highest BCUT2D eigenvalue weighted by Crippen LogP contribution is 2.35. The van der Waals surface area contributed by atoms with Crippen molar-refractivity contribution in [1.29, 1.82) is 0 Å². The van der Waals surface area contributed by atoms with Crippen LogP contribution in [0.4, 0.5) is 40.7 Å². The van der Waals surface area contributed by atoms with Crippen LogP contribution in [0.25, 0.3) is 0 Å². The third kappa shape index (κ3) is 6.33. The Kier molecular flexibility index (Phi) is 7.62. The van der Waals surface area contributed by atoms with Gasteiger partial charge in [-0.15, -0.1) is 0 Å². The summed E-state index contributed by atoms with van der Waals surface area (Å²) in [5, 5.41) is 7.04. The first-order chi connectivity index (χ1) is 18.3. The zero-order chi connectivity index (χ0) is 26.5. The number of aromatic nitrogens is 3. The predicted molar refractivity (Wildman–Crippen MR) is 134 cm³/mol. The standard InChI is InChI=1S/C24H25F4N9O/c25-20-14-30-23(34-22(20)37-5-7-38-8-6-37)36-32-13-17-1-2-18(12-29-17)33-19-10-15(21-3-4-31-35-21)9-16(11-19)24(26,27)28/h1-2,9-14,21,31,33,35H,3-8H2,(H,30,34,36)/b32-13+. The van der Waals surface area contributed by atoms with Gasteiger partial charge in [-0.25, -0.2) is 14.8 Å². The average Bonchev–Trinajstić information content (AvgIpc) is 3.46. The number of anilines is 4. The van der Waals surface area contributed by atoms with Crippen LogP contribution in [0.1, 0.15) is 29.3 Å². The van der Waals surface area contributed by atoms with Crippen molar-refractivity contribution in [2.45, 2.75) is 18.6 Å². The lowest BCUT2D eigenvalue weighted by atomic mass is 10.0. The smallest absolute Gasteiger partial charge is 0.378 e. The molecule has 0 amide bonds. The summed E-state index contributed by atoms with van der Waals surface area (Å²) >= 11 is 0. The molecule has 4 heterocycles. The molecule has 2 saturated heterocycles. The molecule has 0 saturated carbocycles. The van der Waals surface area contributed by atoms with Gasteiger partial charge in [0.2, 0.25) is 5.95 Å². The molecule has 38 heavy (non-hydrogen) atoms. The number of alkyl halides is 3. The maximum absolute atomic E-state index is 14.2. The molecule has 4 N–H and O–H groups in total. The summed E-state index contributed by atoms with van der Waals surface area (Å²) in [6.07, 6.45) is 0.198. The van der Waals surface area contributed by atoms with Crippen LogP contribution in [0.5, 0.6) is 0 Å². The number of nitrogens with zero attached hydrogens (tertiary/aromatic N) is 5. The van der Waals surface area contributed by atoms with Crippen LogP contribution in [0.3, 0.4) is 0 Å². The second-order valence-electron chi connectivity index (χ2n) is 8.69. The number of ether oxygens (including phenoxy) is 1. The summed E-state index contributed by atoms with van der Waals surface area (Å²) in [5.74, 6) is -0.239. The molecule has 10 nitrogen and oxygen atoms in total. The number of morpholine rings is 1. The molecule has 5 rings (SSSR count). The molecule has 14 heteroatoms. The Bertz CT molecular complexity index is 1270. The molecular weight excluding hydrogens is 506 g/mol. The summed E-state index contributed by atoms with van der Waals surface area (Å²) < 4.78 is 59.9. The summed E-state index contributed by atoms with van der Waals surface area (Å²) in [4.78, 5) is 14.1. The summed E-state index contributed by atoms with van der Waals surface area (Å²) in [5.41, 5.74) is 9.69. The first kappa shape index (κ1) is 25.8. The van der Waals surface area contributed by atoms with E-state index in [0.29, 0.717) is 61.9 Å². The maximum Gasteiger partial charge on any atom is 0.416 e. The minimum absolute atomic E-state index is 0.120. The van der Waals surface area contributed by atoms with Gasteiger partial charge in [0, 0.05) is 31.4 Å². The minimum Gasteiger partial charge on any atom is -0.378 e. The largest absolute Gasteiger partial charge is 0.416 e. The van der Waals surface area contributed by atoms with Crippen molar-refractivity contribution >= 4 is 29.4 Å². The number of benzene rings is 1. The lowest BCUT2D eigenvalue weighted by Gasteiger charge is -2.27. The van der Waals surface area contributed by atoms with E-state index < -0.39 is 17.6 Å². The molecule has 0 aliphatic carbocycles. The van der Waals surface area contributed by atoms with Gasteiger partial charge in [-0.3, -0.25) is 15.8 Å². The van der Waals surface area contributed by atoms with E-state index in [4.69, 9.17) is 4.74 Å². The highest BCUT2D eigenvalue weighted by Gasteiger charge is 2.32. The van der Waals surface area contributed by atoms with Crippen molar-refractivity contribution in [3.8, 4) is 0 Å². The fourth-order valence-electron chi connectivity index (χ4n) is 4.11. The summed E-state index contributed by atoms with van der Waals surface area (Å²) in [6.45, 7) is 2.71. The Labute approximate surface area is 215 Å². The lowest BCUT2D eigenvalue weighted by Crippen LogP contribution is -2.37. The zero-order valence-electron chi connectivity index (χ0n) is 20.1. The van der Waals surface area contributed by atoms with Gasteiger partial charge in [0.25, 0.3) is 0 Å². The molecule has 0 spiro atoms. The molecule has 1 unspecified atom stereocenters. The van der Waals surface area contributed by atoms with Gasteiger partial charge in [-0.2, -0.15) is 23.3 Å². The van der Waals surface area contributed by atoms with Gasteiger partial charge in [0.05, 0.1) is 48.8 Å². The number of halogens is 4. The fourth-order valence-corrected chi connectivity index (χ4v) is 4.11. The Morgan fingerprint density at radius 3 is 2.63 bits per heavy atom. The van der Waals surface area contributed by atoms with Crippen molar-refractivity contribution in [3.63, 3.8) is 0 Å². The first-order valence-corrected chi connectivity index (χ1v) is 11.9. The van der Waals surface area contributed by atoms with Crippen molar-refractivity contribution in [3.05, 3.63) is 65.4 Å². The van der Waals surface area contributed by atoms with Crippen LogP contribution < -0.4 is 26.5 Å². The van der Waals surface area contributed by atoms with Crippen molar-refractivity contribution < 1.29 is 22.3 Å². The number of hydrazone groups is 1. The van der Waals surface area contributed by atoms with Crippen LogP contribution in [0.2, 0.25) is 0 Å². The van der Waals surface area contributed by atoms with Gasteiger partial charge in [0.1, 0.15) is 0 Å². The van der Waals surface area contributed by atoms with Crippen LogP contribution >= 0.6 is 0 Å². The Balaban J connectivity index is 1.24. The van der Waals surface area contributed by atoms with Crippen molar-refractivity contribution in [1.82, 2.24) is 25.8 Å². The SMILES string of the molecule is Fc1cnc(N/N=C/c2ccc(Nc3cc(C4CCNN4)cc(C(F)(F)F)c3)cn2)nc1N1CCOCC1. The number of hydrazine groups is 1. The second kappa shape index (κ2) is 11.2. The third-order valence-corrected chi connectivity index (χ3v) is 5.99. The number of hydrogen-bond donors (Lipinski definition) is 4. The third-order valence-electron chi connectivity index (χ3n) is 5.99. The molecule has 0 radical (unpaired) electrons. The van der Waals surface area contributed by atoms with Gasteiger partial charge < -0.3 is 15.0 Å². The molecule has 200 valence electrons. The molecule has 1 atom stereocenters. The van der Waals surface area contributed by atoms with E-state index in [1.807, 2.05) is 0 Å².